The second-order valence-corrected chi connectivity index (χ2v) is 6.45. The molecule has 3 rings (SSSR count). The summed E-state index contributed by atoms with van der Waals surface area (Å²) in [7, 11) is 0. The molecule has 122 valence electrons. The van der Waals surface area contributed by atoms with Crippen LogP contribution in [0, 0.1) is 17.5 Å². The molecule has 24 heavy (non-hydrogen) atoms. The lowest BCUT2D eigenvalue weighted by atomic mass is 10.1. The molecule has 0 spiro atoms. The second-order valence-electron chi connectivity index (χ2n) is 4.74. The number of halogens is 4. The van der Waals surface area contributed by atoms with Gasteiger partial charge in [-0.1, -0.05) is 0 Å². The van der Waals surface area contributed by atoms with E-state index in [0.29, 0.717) is 4.47 Å². The average Bonchev–Trinajstić information content (AvgIpc) is 3.00. The maximum atomic E-state index is 13.8. The van der Waals surface area contributed by atoms with Gasteiger partial charge in [0.1, 0.15) is 17.5 Å². The van der Waals surface area contributed by atoms with Crippen molar-refractivity contribution in [1.82, 2.24) is 4.98 Å². The van der Waals surface area contributed by atoms with Crippen LogP contribution in [0.1, 0.15) is 10.4 Å². The highest BCUT2D eigenvalue weighted by atomic mass is 79.9. The molecule has 1 N–H and O–H groups in total. The van der Waals surface area contributed by atoms with Gasteiger partial charge in [0.2, 0.25) is 0 Å². The lowest BCUT2D eigenvalue weighted by Gasteiger charge is -2.04. The first kappa shape index (κ1) is 16.7. The molecule has 0 bridgehead atoms. The summed E-state index contributed by atoms with van der Waals surface area (Å²) >= 11 is 4.22. The summed E-state index contributed by atoms with van der Waals surface area (Å²) in [6, 6.07) is 6.76. The fourth-order valence-electron chi connectivity index (χ4n) is 1.98. The van der Waals surface area contributed by atoms with Crippen molar-refractivity contribution < 1.29 is 18.0 Å². The molecule has 0 fully saturated rings. The van der Waals surface area contributed by atoms with E-state index in [1.54, 1.807) is 0 Å². The number of carbonyl (C=O) groups is 1. The number of aromatic nitrogens is 1. The molecule has 1 heterocycles. The number of anilines is 1. The van der Waals surface area contributed by atoms with Crippen LogP contribution < -0.4 is 5.32 Å². The van der Waals surface area contributed by atoms with Gasteiger partial charge in [0.15, 0.2) is 5.13 Å². The van der Waals surface area contributed by atoms with Gasteiger partial charge in [-0.15, -0.1) is 11.3 Å². The van der Waals surface area contributed by atoms with Crippen molar-refractivity contribution in [3.63, 3.8) is 0 Å². The summed E-state index contributed by atoms with van der Waals surface area (Å²) in [5.74, 6) is -2.33. The van der Waals surface area contributed by atoms with Crippen LogP contribution >= 0.6 is 27.3 Å². The van der Waals surface area contributed by atoms with Gasteiger partial charge in [-0.25, -0.2) is 18.2 Å². The van der Waals surface area contributed by atoms with E-state index >= 15 is 0 Å². The smallest absolute Gasteiger partial charge is 0.258 e. The van der Waals surface area contributed by atoms with Gasteiger partial charge in [0.25, 0.3) is 5.91 Å². The molecule has 3 nitrogen and oxygen atoms in total. The molecule has 0 saturated heterocycles. The van der Waals surface area contributed by atoms with Crippen molar-refractivity contribution in [2.45, 2.75) is 0 Å². The van der Waals surface area contributed by atoms with Crippen LogP contribution in [0.15, 0.2) is 46.3 Å². The maximum absolute atomic E-state index is 13.8. The molecule has 0 radical (unpaired) electrons. The molecule has 1 amide bonds. The van der Waals surface area contributed by atoms with E-state index < -0.39 is 23.4 Å². The number of amides is 1. The molecule has 0 aliphatic carbocycles. The standard InChI is InChI=1S/C16H8BrF3N2OS/c17-12-3-1-8(18)5-10(12)15(23)22-16-21-14(7-24-16)11-6-9(19)2-4-13(11)20/h1-7H,(H,21,22,23). The van der Waals surface area contributed by atoms with Crippen LogP contribution in [0.25, 0.3) is 11.3 Å². The first-order chi connectivity index (χ1) is 11.4. The van der Waals surface area contributed by atoms with Crippen LogP contribution in [0.5, 0.6) is 0 Å². The molecule has 0 aliphatic rings. The fraction of sp³-hybridized carbons (Fsp3) is 0. The molecule has 0 aliphatic heterocycles. The van der Waals surface area contributed by atoms with Crippen LogP contribution in [0.4, 0.5) is 18.3 Å². The van der Waals surface area contributed by atoms with E-state index in [9.17, 15) is 18.0 Å². The number of thiazole rings is 1. The fourth-order valence-corrected chi connectivity index (χ4v) is 3.12. The number of nitrogens with one attached hydrogen (secondary N) is 1. The third-order valence-electron chi connectivity index (χ3n) is 3.10. The van der Waals surface area contributed by atoms with Gasteiger partial charge < -0.3 is 0 Å². The van der Waals surface area contributed by atoms with Crippen molar-refractivity contribution in [2.24, 2.45) is 0 Å². The van der Waals surface area contributed by atoms with E-state index in [4.69, 9.17) is 0 Å². The van der Waals surface area contributed by atoms with Gasteiger partial charge >= 0.3 is 0 Å². The summed E-state index contributed by atoms with van der Waals surface area (Å²) in [4.78, 5) is 16.2. The SMILES string of the molecule is O=C(Nc1nc(-c2cc(F)ccc2F)cs1)c1cc(F)ccc1Br. The Morgan fingerprint density at radius 2 is 1.79 bits per heavy atom. The minimum Gasteiger partial charge on any atom is -0.298 e. The topological polar surface area (TPSA) is 42.0 Å². The largest absolute Gasteiger partial charge is 0.298 e. The van der Waals surface area contributed by atoms with Crippen molar-refractivity contribution in [3.05, 3.63) is 69.3 Å². The highest BCUT2D eigenvalue weighted by Gasteiger charge is 2.15. The first-order valence-corrected chi connectivity index (χ1v) is 8.28. The highest BCUT2D eigenvalue weighted by Crippen LogP contribution is 2.28. The van der Waals surface area contributed by atoms with Crippen LogP contribution in [-0.2, 0) is 0 Å². The third-order valence-corrected chi connectivity index (χ3v) is 4.55. The van der Waals surface area contributed by atoms with Crippen LogP contribution in [0.3, 0.4) is 0 Å². The zero-order chi connectivity index (χ0) is 17.3. The summed E-state index contributed by atoms with van der Waals surface area (Å²) in [6.45, 7) is 0. The van der Waals surface area contributed by atoms with E-state index in [0.717, 1.165) is 35.6 Å². The van der Waals surface area contributed by atoms with Crippen molar-refractivity contribution in [1.29, 1.82) is 0 Å². The van der Waals surface area contributed by atoms with Gasteiger partial charge in [-0.05, 0) is 52.3 Å². The predicted molar refractivity (Wildman–Crippen MR) is 89.5 cm³/mol. The quantitative estimate of drug-likeness (QED) is 0.638. The van der Waals surface area contributed by atoms with E-state index in [1.165, 1.54) is 17.5 Å². The highest BCUT2D eigenvalue weighted by molar-refractivity contribution is 9.10. The summed E-state index contributed by atoms with van der Waals surface area (Å²) in [5, 5.41) is 4.19. The maximum Gasteiger partial charge on any atom is 0.258 e. The van der Waals surface area contributed by atoms with Crippen LogP contribution in [-0.4, -0.2) is 10.9 Å². The second kappa shape index (κ2) is 6.74. The number of hydrogen-bond donors (Lipinski definition) is 1. The molecule has 0 atom stereocenters. The summed E-state index contributed by atoms with van der Waals surface area (Å²) in [5.41, 5.74) is 0.299. The predicted octanol–water partition coefficient (Wildman–Crippen LogP) is 5.24. The molecule has 1 aromatic heterocycles. The van der Waals surface area contributed by atoms with E-state index in [2.05, 4.69) is 26.2 Å². The lowest BCUT2D eigenvalue weighted by Crippen LogP contribution is -2.12. The lowest BCUT2D eigenvalue weighted by molar-refractivity contribution is 0.102. The summed E-state index contributed by atoms with van der Waals surface area (Å²) in [6.07, 6.45) is 0. The van der Waals surface area contributed by atoms with Crippen molar-refractivity contribution in [2.75, 3.05) is 5.32 Å². The minimum atomic E-state index is -0.618. The van der Waals surface area contributed by atoms with Crippen molar-refractivity contribution in [3.8, 4) is 11.3 Å². The molecule has 0 unspecified atom stereocenters. The zero-order valence-corrected chi connectivity index (χ0v) is 14.2. The number of benzene rings is 2. The zero-order valence-electron chi connectivity index (χ0n) is 11.8. The Balaban J connectivity index is 1.85. The van der Waals surface area contributed by atoms with Gasteiger partial charge in [0, 0.05) is 15.4 Å². The molecule has 3 aromatic rings. The Morgan fingerprint density at radius 3 is 2.58 bits per heavy atom. The third kappa shape index (κ3) is 3.49. The monoisotopic (exact) mass is 412 g/mol. The average molecular weight is 413 g/mol. The van der Waals surface area contributed by atoms with Gasteiger partial charge in [-0.2, -0.15) is 0 Å². The summed E-state index contributed by atoms with van der Waals surface area (Å²) < 4.78 is 40.7. The molecule has 8 heteroatoms. The Bertz CT molecular complexity index is 929. The number of carbonyl (C=O) groups excluding carboxylic acids is 1. The van der Waals surface area contributed by atoms with E-state index in [-0.39, 0.29) is 22.0 Å². The van der Waals surface area contributed by atoms with Gasteiger partial charge in [-0.3, -0.25) is 10.1 Å². The number of nitrogens with zero attached hydrogens (tertiary/aromatic N) is 1. The Hall–Kier alpha value is -2.19. The number of hydrogen-bond acceptors (Lipinski definition) is 3. The molecule has 2 aromatic carbocycles. The molecule has 0 saturated carbocycles. The van der Waals surface area contributed by atoms with Crippen molar-refractivity contribution >= 4 is 38.3 Å². The van der Waals surface area contributed by atoms with E-state index in [1.807, 2.05) is 0 Å². The number of rotatable bonds is 3. The van der Waals surface area contributed by atoms with Gasteiger partial charge in [0.05, 0.1) is 11.3 Å². The molecular weight excluding hydrogens is 405 g/mol. The van der Waals surface area contributed by atoms with Crippen LogP contribution in [0.2, 0.25) is 0 Å². The Kier molecular flexibility index (Phi) is 4.68. The minimum absolute atomic E-state index is 0.00122. The normalized spacial score (nSPS) is 10.7. The Labute approximate surface area is 147 Å². The Morgan fingerprint density at radius 1 is 1.08 bits per heavy atom. The molecular formula is C16H8BrF3N2OS. The first-order valence-electron chi connectivity index (χ1n) is 6.61.